The molecule has 1 aromatic heterocycles. The monoisotopic (exact) mass is 219 g/mol. The second-order valence-electron chi connectivity index (χ2n) is 4.47. The van der Waals surface area contributed by atoms with Crippen LogP contribution >= 0.6 is 0 Å². The van der Waals surface area contributed by atoms with Crippen LogP contribution in [0.2, 0.25) is 0 Å². The van der Waals surface area contributed by atoms with Gasteiger partial charge in [-0.1, -0.05) is 6.07 Å². The molecule has 0 N–H and O–H groups in total. The summed E-state index contributed by atoms with van der Waals surface area (Å²) < 4.78 is 0. The van der Waals surface area contributed by atoms with E-state index in [2.05, 4.69) is 9.88 Å². The number of carbonyl (C=O) groups is 1. The molecular weight excluding hydrogens is 202 g/mol. The van der Waals surface area contributed by atoms with Gasteiger partial charge in [0, 0.05) is 32.9 Å². The lowest BCUT2D eigenvalue weighted by molar-refractivity contribution is -0.133. The molecule has 1 aliphatic rings. The molecule has 1 aliphatic heterocycles. The maximum atomic E-state index is 11.6. The summed E-state index contributed by atoms with van der Waals surface area (Å²) in [5.41, 5.74) is 1.01. The third-order valence-corrected chi connectivity index (χ3v) is 2.87. The number of amides is 1. The van der Waals surface area contributed by atoms with E-state index >= 15 is 0 Å². The van der Waals surface area contributed by atoms with E-state index in [1.165, 1.54) is 0 Å². The van der Waals surface area contributed by atoms with E-state index < -0.39 is 0 Å². The molecule has 0 aliphatic carbocycles. The minimum absolute atomic E-state index is 0.136. The van der Waals surface area contributed by atoms with Crippen LogP contribution in [0.4, 0.5) is 5.82 Å². The van der Waals surface area contributed by atoms with Gasteiger partial charge < -0.3 is 9.80 Å². The fourth-order valence-electron chi connectivity index (χ4n) is 1.89. The van der Waals surface area contributed by atoms with E-state index in [1.54, 1.807) is 19.0 Å². The van der Waals surface area contributed by atoms with Gasteiger partial charge in [0.1, 0.15) is 5.82 Å². The Balaban J connectivity index is 1.96. The van der Waals surface area contributed by atoms with Gasteiger partial charge in [-0.25, -0.2) is 4.98 Å². The fourth-order valence-corrected chi connectivity index (χ4v) is 1.89. The summed E-state index contributed by atoms with van der Waals surface area (Å²) in [6, 6.07) is 5.97. The SMILES string of the molecule is Cc1cccc(N2CC(C(=O)N(C)C)C2)n1. The van der Waals surface area contributed by atoms with Gasteiger partial charge in [0.15, 0.2) is 0 Å². The van der Waals surface area contributed by atoms with Crippen LogP contribution in [0.1, 0.15) is 5.69 Å². The first-order valence-electron chi connectivity index (χ1n) is 5.47. The van der Waals surface area contributed by atoms with Gasteiger partial charge in [0.05, 0.1) is 5.92 Å². The average Bonchev–Trinajstić information content (AvgIpc) is 2.15. The molecule has 1 amide bonds. The van der Waals surface area contributed by atoms with Crippen molar-refractivity contribution in [2.45, 2.75) is 6.92 Å². The molecule has 1 aromatic rings. The van der Waals surface area contributed by atoms with Crippen molar-refractivity contribution in [3.05, 3.63) is 23.9 Å². The molecule has 4 nitrogen and oxygen atoms in total. The zero-order valence-electron chi connectivity index (χ0n) is 9.97. The molecule has 16 heavy (non-hydrogen) atoms. The average molecular weight is 219 g/mol. The van der Waals surface area contributed by atoms with Crippen LogP contribution in [0.25, 0.3) is 0 Å². The van der Waals surface area contributed by atoms with E-state index in [9.17, 15) is 4.79 Å². The second kappa shape index (κ2) is 4.12. The van der Waals surface area contributed by atoms with Crippen LogP contribution in [-0.4, -0.2) is 43.0 Å². The predicted molar refractivity (Wildman–Crippen MR) is 63.4 cm³/mol. The Hall–Kier alpha value is -1.58. The first-order valence-corrected chi connectivity index (χ1v) is 5.47. The normalized spacial score (nSPS) is 15.8. The van der Waals surface area contributed by atoms with Crippen LogP contribution in [0, 0.1) is 12.8 Å². The Kier molecular flexibility index (Phi) is 2.81. The van der Waals surface area contributed by atoms with E-state index in [0.717, 1.165) is 24.6 Å². The molecule has 0 unspecified atom stereocenters. The first-order chi connectivity index (χ1) is 7.58. The maximum absolute atomic E-state index is 11.6. The summed E-state index contributed by atoms with van der Waals surface area (Å²) in [5.74, 6) is 1.32. The molecule has 0 spiro atoms. The molecule has 4 heteroatoms. The van der Waals surface area contributed by atoms with Gasteiger partial charge >= 0.3 is 0 Å². The number of carbonyl (C=O) groups excluding carboxylic acids is 1. The molecule has 0 saturated carbocycles. The third-order valence-electron chi connectivity index (χ3n) is 2.87. The molecule has 86 valence electrons. The lowest BCUT2D eigenvalue weighted by Gasteiger charge is -2.40. The Morgan fingerprint density at radius 3 is 2.69 bits per heavy atom. The van der Waals surface area contributed by atoms with E-state index in [-0.39, 0.29) is 11.8 Å². The fraction of sp³-hybridized carbons (Fsp3) is 0.500. The maximum Gasteiger partial charge on any atom is 0.228 e. The predicted octanol–water partition coefficient (Wildman–Crippen LogP) is 0.914. The van der Waals surface area contributed by atoms with Gasteiger partial charge in [-0.15, -0.1) is 0 Å². The van der Waals surface area contributed by atoms with Crippen molar-refractivity contribution in [2.24, 2.45) is 5.92 Å². The first kappa shape index (κ1) is 10.9. The lowest BCUT2D eigenvalue weighted by Crippen LogP contribution is -2.53. The van der Waals surface area contributed by atoms with Crippen molar-refractivity contribution in [1.29, 1.82) is 0 Å². The Morgan fingerprint density at radius 2 is 2.12 bits per heavy atom. The number of hydrogen-bond acceptors (Lipinski definition) is 3. The van der Waals surface area contributed by atoms with Gasteiger partial charge in [-0.3, -0.25) is 4.79 Å². The molecule has 2 rings (SSSR count). The number of aryl methyl sites for hydroxylation is 1. The van der Waals surface area contributed by atoms with Gasteiger partial charge in [0.25, 0.3) is 0 Å². The van der Waals surface area contributed by atoms with E-state index in [4.69, 9.17) is 0 Å². The highest BCUT2D eigenvalue weighted by Gasteiger charge is 2.34. The Bertz CT molecular complexity index is 397. The summed E-state index contributed by atoms with van der Waals surface area (Å²) in [6.07, 6.45) is 0. The summed E-state index contributed by atoms with van der Waals surface area (Å²) in [4.78, 5) is 19.9. The zero-order chi connectivity index (χ0) is 11.7. The molecule has 0 atom stereocenters. The molecule has 0 aromatic carbocycles. The van der Waals surface area contributed by atoms with Crippen LogP contribution in [0.5, 0.6) is 0 Å². The van der Waals surface area contributed by atoms with Crippen molar-refractivity contribution in [3.63, 3.8) is 0 Å². The zero-order valence-corrected chi connectivity index (χ0v) is 9.97. The summed E-state index contributed by atoms with van der Waals surface area (Å²) in [5, 5.41) is 0. The van der Waals surface area contributed by atoms with E-state index in [1.807, 2.05) is 25.1 Å². The van der Waals surface area contributed by atoms with Crippen molar-refractivity contribution < 1.29 is 4.79 Å². The van der Waals surface area contributed by atoms with Crippen molar-refractivity contribution >= 4 is 11.7 Å². The minimum Gasteiger partial charge on any atom is -0.355 e. The highest BCUT2D eigenvalue weighted by molar-refractivity contribution is 5.81. The number of anilines is 1. The van der Waals surface area contributed by atoms with Crippen LogP contribution < -0.4 is 4.90 Å². The molecule has 0 radical (unpaired) electrons. The van der Waals surface area contributed by atoms with Crippen molar-refractivity contribution in [1.82, 2.24) is 9.88 Å². The lowest BCUT2D eigenvalue weighted by atomic mass is 9.99. The summed E-state index contributed by atoms with van der Waals surface area (Å²) >= 11 is 0. The second-order valence-corrected chi connectivity index (χ2v) is 4.47. The number of pyridine rings is 1. The summed E-state index contributed by atoms with van der Waals surface area (Å²) in [7, 11) is 3.60. The topological polar surface area (TPSA) is 36.4 Å². The van der Waals surface area contributed by atoms with Gasteiger partial charge in [-0.05, 0) is 19.1 Å². The number of rotatable bonds is 2. The molecule has 2 heterocycles. The smallest absolute Gasteiger partial charge is 0.228 e. The molecule has 1 fully saturated rings. The number of nitrogens with zero attached hydrogens (tertiary/aromatic N) is 3. The third kappa shape index (κ3) is 2.01. The van der Waals surface area contributed by atoms with Crippen LogP contribution in [0.3, 0.4) is 0 Å². The minimum atomic E-state index is 0.136. The highest BCUT2D eigenvalue weighted by atomic mass is 16.2. The largest absolute Gasteiger partial charge is 0.355 e. The Labute approximate surface area is 95.9 Å². The van der Waals surface area contributed by atoms with Crippen LogP contribution in [0.15, 0.2) is 18.2 Å². The number of hydrogen-bond donors (Lipinski definition) is 0. The van der Waals surface area contributed by atoms with Crippen molar-refractivity contribution in [2.75, 3.05) is 32.1 Å². The van der Waals surface area contributed by atoms with Crippen molar-refractivity contribution in [3.8, 4) is 0 Å². The quantitative estimate of drug-likeness (QED) is 0.742. The molecule has 0 bridgehead atoms. The van der Waals surface area contributed by atoms with Crippen LogP contribution in [-0.2, 0) is 4.79 Å². The standard InChI is InChI=1S/C12H17N3O/c1-9-5-4-6-11(13-9)15-7-10(8-15)12(16)14(2)3/h4-6,10H,7-8H2,1-3H3. The Morgan fingerprint density at radius 1 is 1.44 bits per heavy atom. The summed E-state index contributed by atoms with van der Waals surface area (Å²) in [6.45, 7) is 3.55. The molecule has 1 saturated heterocycles. The van der Waals surface area contributed by atoms with E-state index in [0.29, 0.717) is 0 Å². The van der Waals surface area contributed by atoms with Gasteiger partial charge in [0.2, 0.25) is 5.91 Å². The van der Waals surface area contributed by atoms with Gasteiger partial charge in [-0.2, -0.15) is 0 Å². The highest BCUT2D eigenvalue weighted by Crippen LogP contribution is 2.23. The molecular formula is C12H17N3O. The number of aromatic nitrogens is 1.